The first-order chi connectivity index (χ1) is 9.61. The lowest BCUT2D eigenvalue weighted by Gasteiger charge is -2.21. The molecule has 0 radical (unpaired) electrons. The normalized spacial score (nSPS) is 12.6. The Morgan fingerprint density at radius 3 is 2.85 bits per heavy atom. The molecule has 0 spiro atoms. The molecule has 2 aromatic rings. The van der Waals surface area contributed by atoms with Gasteiger partial charge < -0.3 is 5.32 Å². The summed E-state index contributed by atoms with van der Waals surface area (Å²) in [5, 5.41) is 8.69. The second kappa shape index (κ2) is 6.91. The van der Waals surface area contributed by atoms with Gasteiger partial charge in [-0.05, 0) is 49.1 Å². The third-order valence-corrected chi connectivity index (χ3v) is 3.93. The molecule has 20 heavy (non-hydrogen) atoms. The molecule has 1 aromatic carbocycles. The molecule has 0 aliphatic rings. The minimum atomic E-state index is 0.276. The van der Waals surface area contributed by atoms with Crippen LogP contribution in [0.4, 0.5) is 0 Å². The molecule has 1 heterocycles. The van der Waals surface area contributed by atoms with Gasteiger partial charge in [0.05, 0.1) is 6.20 Å². The van der Waals surface area contributed by atoms with Crippen molar-refractivity contribution >= 4 is 11.6 Å². The highest BCUT2D eigenvalue weighted by Crippen LogP contribution is 2.26. The first-order valence-corrected chi connectivity index (χ1v) is 7.45. The molecule has 0 aliphatic heterocycles. The van der Waals surface area contributed by atoms with E-state index in [0.29, 0.717) is 0 Å². The van der Waals surface area contributed by atoms with Gasteiger partial charge in [-0.1, -0.05) is 30.7 Å². The lowest BCUT2D eigenvalue weighted by atomic mass is 9.96. The van der Waals surface area contributed by atoms with Crippen molar-refractivity contribution < 1.29 is 0 Å². The fraction of sp³-hybridized carbons (Fsp3) is 0.438. The smallest absolute Gasteiger partial charge is 0.0522 e. The van der Waals surface area contributed by atoms with E-state index in [4.69, 9.17) is 11.6 Å². The highest BCUT2D eigenvalue weighted by atomic mass is 35.5. The van der Waals surface area contributed by atoms with Crippen LogP contribution in [0.5, 0.6) is 0 Å². The summed E-state index contributed by atoms with van der Waals surface area (Å²) in [6, 6.07) is 6.40. The van der Waals surface area contributed by atoms with Gasteiger partial charge in [0.25, 0.3) is 0 Å². The standard InChI is InChI=1S/C16H22ClN3/c1-4-8-18-16(9-13-10-19-20(3)11-13)14-6-5-7-15(17)12(14)2/h5-7,10-11,16,18H,4,8-9H2,1-3H3. The average Bonchev–Trinajstić information content (AvgIpc) is 2.83. The molecule has 2 rings (SSSR count). The van der Waals surface area contributed by atoms with Gasteiger partial charge in [0, 0.05) is 24.3 Å². The van der Waals surface area contributed by atoms with Crippen LogP contribution in [0.2, 0.25) is 5.02 Å². The van der Waals surface area contributed by atoms with Crippen LogP contribution in [-0.2, 0) is 13.5 Å². The van der Waals surface area contributed by atoms with E-state index < -0.39 is 0 Å². The van der Waals surface area contributed by atoms with E-state index in [1.165, 1.54) is 11.1 Å². The molecule has 4 heteroatoms. The molecule has 0 amide bonds. The van der Waals surface area contributed by atoms with Crippen LogP contribution in [0.3, 0.4) is 0 Å². The fourth-order valence-electron chi connectivity index (χ4n) is 2.43. The van der Waals surface area contributed by atoms with Gasteiger partial charge in [-0.15, -0.1) is 0 Å². The Balaban J connectivity index is 2.24. The summed E-state index contributed by atoms with van der Waals surface area (Å²) < 4.78 is 1.84. The van der Waals surface area contributed by atoms with Gasteiger partial charge in [0.1, 0.15) is 0 Å². The Hall–Kier alpha value is -1.32. The molecule has 1 atom stereocenters. The number of aromatic nitrogens is 2. The number of rotatable bonds is 6. The fourth-order valence-corrected chi connectivity index (χ4v) is 2.61. The van der Waals surface area contributed by atoms with E-state index in [-0.39, 0.29) is 6.04 Å². The van der Waals surface area contributed by atoms with E-state index in [9.17, 15) is 0 Å². The van der Waals surface area contributed by atoms with Crippen molar-refractivity contribution in [1.82, 2.24) is 15.1 Å². The van der Waals surface area contributed by atoms with Gasteiger partial charge in [-0.25, -0.2) is 0 Å². The predicted molar refractivity (Wildman–Crippen MR) is 84.1 cm³/mol. The van der Waals surface area contributed by atoms with E-state index in [1.54, 1.807) is 0 Å². The van der Waals surface area contributed by atoms with Gasteiger partial charge in [-0.2, -0.15) is 5.10 Å². The van der Waals surface area contributed by atoms with Crippen molar-refractivity contribution in [3.8, 4) is 0 Å². The number of hydrogen-bond acceptors (Lipinski definition) is 2. The van der Waals surface area contributed by atoms with Crippen LogP contribution in [0.15, 0.2) is 30.6 Å². The largest absolute Gasteiger partial charge is 0.310 e. The zero-order valence-electron chi connectivity index (χ0n) is 12.4. The Kier molecular flexibility index (Phi) is 5.21. The number of nitrogens with zero attached hydrogens (tertiary/aromatic N) is 2. The van der Waals surface area contributed by atoms with E-state index in [2.05, 4.69) is 36.5 Å². The first kappa shape index (κ1) is 15.1. The molecule has 108 valence electrons. The Morgan fingerprint density at radius 1 is 1.40 bits per heavy atom. The van der Waals surface area contributed by atoms with Crippen LogP contribution in [0.25, 0.3) is 0 Å². The van der Waals surface area contributed by atoms with Crippen molar-refractivity contribution in [2.45, 2.75) is 32.7 Å². The van der Waals surface area contributed by atoms with Gasteiger partial charge in [-0.3, -0.25) is 4.68 Å². The third-order valence-electron chi connectivity index (χ3n) is 3.52. The molecule has 3 nitrogen and oxygen atoms in total. The Morgan fingerprint density at radius 2 is 2.20 bits per heavy atom. The van der Waals surface area contributed by atoms with Crippen LogP contribution < -0.4 is 5.32 Å². The summed E-state index contributed by atoms with van der Waals surface area (Å²) in [4.78, 5) is 0. The van der Waals surface area contributed by atoms with Crippen molar-refractivity contribution in [3.05, 3.63) is 52.3 Å². The van der Waals surface area contributed by atoms with Gasteiger partial charge >= 0.3 is 0 Å². The summed E-state index contributed by atoms with van der Waals surface area (Å²) in [6.45, 7) is 5.26. The third kappa shape index (κ3) is 3.62. The maximum absolute atomic E-state index is 6.25. The van der Waals surface area contributed by atoms with Crippen molar-refractivity contribution in [2.24, 2.45) is 7.05 Å². The zero-order valence-corrected chi connectivity index (χ0v) is 13.1. The maximum atomic E-state index is 6.25. The van der Waals surface area contributed by atoms with E-state index >= 15 is 0 Å². The van der Waals surface area contributed by atoms with Crippen molar-refractivity contribution in [3.63, 3.8) is 0 Å². The number of hydrogen-bond donors (Lipinski definition) is 1. The van der Waals surface area contributed by atoms with Crippen molar-refractivity contribution in [2.75, 3.05) is 6.54 Å². The summed E-state index contributed by atoms with van der Waals surface area (Å²) in [5.41, 5.74) is 3.67. The molecule has 0 fully saturated rings. The molecule has 1 N–H and O–H groups in total. The molecule has 0 saturated carbocycles. The quantitative estimate of drug-likeness (QED) is 0.880. The maximum Gasteiger partial charge on any atom is 0.0522 e. The van der Waals surface area contributed by atoms with Crippen molar-refractivity contribution in [1.29, 1.82) is 0 Å². The lowest BCUT2D eigenvalue weighted by molar-refractivity contribution is 0.527. The monoisotopic (exact) mass is 291 g/mol. The molecular formula is C16H22ClN3. The van der Waals surface area contributed by atoms with Crippen LogP contribution in [-0.4, -0.2) is 16.3 Å². The summed E-state index contributed by atoms with van der Waals surface area (Å²) in [5.74, 6) is 0. The average molecular weight is 292 g/mol. The van der Waals surface area contributed by atoms with Crippen LogP contribution in [0.1, 0.15) is 36.1 Å². The van der Waals surface area contributed by atoms with Crippen LogP contribution >= 0.6 is 11.6 Å². The molecule has 1 unspecified atom stereocenters. The molecule has 0 aliphatic carbocycles. The summed E-state index contributed by atoms with van der Waals surface area (Å²) in [7, 11) is 1.95. The predicted octanol–water partition coefficient (Wildman–Crippen LogP) is 3.67. The molecule has 0 bridgehead atoms. The highest BCUT2D eigenvalue weighted by Gasteiger charge is 2.15. The molecule has 1 aromatic heterocycles. The second-order valence-corrected chi connectivity index (χ2v) is 5.59. The minimum Gasteiger partial charge on any atom is -0.310 e. The van der Waals surface area contributed by atoms with E-state index in [0.717, 1.165) is 30.0 Å². The molecular weight excluding hydrogens is 270 g/mol. The van der Waals surface area contributed by atoms with E-state index in [1.807, 2.05) is 30.1 Å². The minimum absolute atomic E-state index is 0.276. The zero-order chi connectivity index (χ0) is 14.5. The lowest BCUT2D eigenvalue weighted by Crippen LogP contribution is -2.24. The topological polar surface area (TPSA) is 29.9 Å². The van der Waals surface area contributed by atoms with Gasteiger partial charge in [0.15, 0.2) is 0 Å². The number of nitrogens with one attached hydrogen (secondary N) is 1. The SMILES string of the molecule is CCCNC(Cc1cnn(C)c1)c1cccc(Cl)c1C. The van der Waals surface area contributed by atoms with Crippen LogP contribution in [0, 0.1) is 6.92 Å². The number of halogens is 1. The van der Waals surface area contributed by atoms with Gasteiger partial charge in [0.2, 0.25) is 0 Å². The second-order valence-electron chi connectivity index (χ2n) is 5.19. The number of benzene rings is 1. The number of aryl methyl sites for hydroxylation is 1. The summed E-state index contributed by atoms with van der Waals surface area (Å²) >= 11 is 6.25. The first-order valence-electron chi connectivity index (χ1n) is 7.07. The Bertz CT molecular complexity index is 563. The summed E-state index contributed by atoms with van der Waals surface area (Å²) in [6.07, 6.45) is 6.04. The highest BCUT2D eigenvalue weighted by molar-refractivity contribution is 6.31. The molecule has 0 saturated heterocycles. The Labute approximate surface area is 126 Å².